The maximum Gasteiger partial charge on any atom is 0.353 e. The molecule has 4 atom stereocenters. The Morgan fingerprint density at radius 3 is 2.83 bits per heavy atom. The molecule has 0 saturated carbocycles. The number of nitrogens with two attached hydrogens (primary N) is 1. The molecule has 3 heterocycles. The third kappa shape index (κ3) is 3.31. The third-order valence-electron chi connectivity index (χ3n) is 4.66. The van der Waals surface area contributed by atoms with Crippen LogP contribution in [-0.2, 0) is 19.8 Å². The standard InChI is InChI=1S/C13H20N4O5S2/c1-6-9-3-10(18)17(9)11(13(19)20)12(6)23-8-2-7(15-5-8)4-16-24(14,21)22/h6-9,15-16H,2-5H2,1H3,(H,19,20)(H2,14,21,22). The summed E-state index contributed by atoms with van der Waals surface area (Å²) >= 11 is 1.48. The first-order valence-electron chi connectivity index (χ1n) is 7.64. The zero-order chi connectivity index (χ0) is 17.6. The van der Waals surface area contributed by atoms with Crippen LogP contribution in [0.1, 0.15) is 19.8 Å². The number of rotatable bonds is 6. The first kappa shape index (κ1) is 17.7. The molecule has 11 heteroatoms. The van der Waals surface area contributed by atoms with Crippen LogP contribution in [0.3, 0.4) is 0 Å². The Labute approximate surface area is 144 Å². The van der Waals surface area contributed by atoms with Crippen molar-refractivity contribution in [2.75, 3.05) is 13.1 Å². The summed E-state index contributed by atoms with van der Waals surface area (Å²) in [6.07, 6.45) is 1.08. The number of carbonyl (C=O) groups excluding carboxylic acids is 1. The van der Waals surface area contributed by atoms with Gasteiger partial charge in [0.15, 0.2) is 0 Å². The van der Waals surface area contributed by atoms with Crippen molar-refractivity contribution in [3.63, 3.8) is 0 Å². The molecule has 3 aliphatic rings. The maximum absolute atomic E-state index is 11.7. The number of aliphatic carboxylic acids is 1. The van der Waals surface area contributed by atoms with Gasteiger partial charge in [-0.15, -0.1) is 11.8 Å². The molecule has 1 amide bonds. The Hall–Kier alpha value is -1.14. The van der Waals surface area contributed by atoms with Gasteiger partial charge in [0, 0.05) is 41.6 Å². The maximum atomic E-state index is 11.7. The van der Waals surface area contributed by atoms with Crippen molar-refractivity contribution in [3.05, 3.63) is 10.6 Å². The van der Waals surface area contributed by atoms with E-state index in [9.17, 15) is 23.1 Å². The summed E-state index contributed by atoms with van der Waals surface area (Å²) in [6, 6.07) is -0.0922. The van der Waals surface area contributed by atoms with Gasteiger partial charge < -0.3 is 15.3 Å². The number of nitrogens with zero attached hydrogens (tertiary/aromatic N) is 1. The van der Waals surface area contributed by atoms with Crippen molar-refractivity contribution in [1.29, 1.82) is 0 Å². The van der Waals surface area contributed by atoms with Crippen LogP contribution < -0.4 is 15.2 Å². The molecule has 5 N–H and O–H groups in total. The van der Waals surface area contributed by atoms with Crippen LogP contribution in [0.25, 0.3) is 0 Å². The number of hydrogen-bond donors (Lipinski definition) is 4. The number of thioether (sulfide) groups is 1. The van der Waals surface area contributed by atoms with Crippen LogP contribution in [0, 0.1) is 5.92 Å². The monoisotopic (exact) mass is 376 g/mol. The summed E-state index contributed by atoms with van der Waals surface area (Å²) in [5, 5.41) is 17.7. The number of fused-ring (bicyclic) bond motifs is 1. The molecule has 24 heavy (non-hydrogen) atoms. The van der Waals surface area contributed by atoms with Crippen molar-refractivity contribution in [2.24, 2.45) is 11.1 Å². The van der Waals surface area contributed by atoms with Gasteiger partial charge in [-0.2, -0.15) is 8.42 Å². The average molecular weight is 376 g/mol. The van der Waals surface area contributed by atoms with E-state index < -0.39 is 16.2 Å². The molecule has 2 saturated heterocycles. The second-order valence-electron chi connectivity index (χ2n) is 6.32. The van der Waals surface area contributed by atoms with Crippen molar-refractivity contribution in [3.8, 4) is 0 Å². The molecule has 4 unspecified atom stereocenters. The molecule has 0 aromatic rings. The van der Waals surface area contributed by atoms with Gasteiger partial charge in [0.25, 0.3) is 10.2 Å². The topological polar surface area (TPSA) is 142 Å². The van der Waals surface area contributed by atoms with E-state index in [-0.39, 0.29) is 41.4 Å². The fraction of sp³-hybridized carbons (Fsp3) is 0.692. The molecular weight excluding hydrogens is 356 g/mol. The summed E-state index contributed by atoms with van der Waals surface area (Å²) in [5.41, 5.74) is 0.111. The number of nitrogens with one attached hydrogen (secondary N) is 2. The number of carbonyl (C=O) groups is 2. The number of hydrogen-bond acceptors (Lipinski definition) is 6. The van der Waals surface area contributed by atoms with Gasteiger partial charge >= 0.3 is 5.97 Å². The van der Waals surface area contributed by atoms with E-state index in [4.69, 9.17) is 5.14 Å². The average Bonchev–Trinajstić information content (AvgIpc) is 2.99. The smallest absolute Gasteiger partial charge is 0.353 e. The molecule has 134 valence electrons. The van der Waals surface area contributed by atoms with Crippen LogP contribution in [0.4, 0.5) is 0 Å². The molecule has 3 rings (SSSR count). The number of β-lactam (4-membered cyclic amide) rings is 1. The van der Waals surface area contributed by atoms with Gasteiger partial charge in [-0.1, -0.05) is 6.92 Å². The molecule has 0 aromatic heterocycles. The third-order valence-corrected chi connectivity index (χ3v) is 6.74. The highest BCUT2D eigenvalue weighted by molar-refractivity contribution is 8.03. The number of amides is 1. The van der Waals surface area contributed by atoms with E-state index in [2.05, 4.69) is 10.0 Å². The molecule has 9 nitrogen and oxygen atoms in total. The Morgan fingerprint density at radius 1 is 1.54 bits per heavy atom. The molecule has 0 aliphatic carbocycles. The van der Waals surface area contributed by atoms with Crippen LogP contribution >= 0.6 is 11.8 Å². The number of carboxylic acids is 1. The minimum absolute atomic E-state index is 0.0143. The van der Waals surface area contributed by atoms with Gasteiger partial charge in [-0.05, 0) is 6.42 Å². The van der Waals surface area contributed by atoms with Crippen LogP contribution in [-0.4, -0.2) is 60.7 Å². The molecule has 0 bridgehead atoms. The van der Waals surface area contributed by atoms with Crippen molar-refractivity contribution >= 4 is 33.8 Å². The Bertz CT molecular complexity index is 707. The summed E-state index contributed by atoms with van der Waals surface area (Å²) in [4.78, 5) is 25.4. The van der Waals surface area contributed by atoms with Crippen LogP contribution in [0.5, 0.6) is 0 Å². The normalized spacial score (nSPS) is 32.9. The molecule has 2 fully saturated rings. The highest BCUT2D eigenvalue weighted by atomic mass is 32.2. The van der Waals surface area contributed by atoms with Gasteiger partial charge in [0.2, 0.25) is 5.91 Å². The second-order valence-corrected chi connectivity index (χ2v) is 9.04. The Balaban J connectivity index is 1.66. The predicted molar refractivity (Wildman–Crippen MR) is 88.0 cm³/mol. The molecule has 3 aliphatic heterocycles. The minimum atomic E-state index is -3.72. The number of carboxylic acid groups (broad SMARTS) is 1. The fourth-order valence-corrected chi connectivity index (χ4v) is 5.41. The lowest BCUT2D eigenvalue weighted by Gasteiger charge is -2.37. The van der Waals surface area contributed by atoms with E-state index in [0.29, 0.717) is 19.4 Å². The van der Waals surface area contributed by atoms with Crippen LogP contribution in [0.2, 0.25) is 0 Å². The summed E-state index contributed by atoms with van der Waals surface area (Å²) in [6.45, 7) is 2.79. The summed E-state index contributed by atoms with van der Waals surface area (Å²) < 4.78 is 24.1. The molecule has 0 spiro atoms. The lowest BCUT2D eigenvalue weighted by molar-refractivity contribution is -0.148. The first-order chi connectivity index (χ1) is 11.2. The lowest BCUT2D eigenvalue weighted by atomic mass is 9.94. The zero-order valence-corrected chi connectivity index (χ0v) is 14.7. The van der Waals surface area contributed by atoms with E-state index >= 15 is 0 Å². The first-order valence-corrected chi connectivity index (χ1v) is 10.1. The van der Waals surface area contributed by atoms with Crippen molar-refractivity contribution < 1.29 is 23.1 Å². The van der Waals surface area contributed by atoms with E-state index in [1.807, 2.05) is 6.92 Å². The van der Waals surface area contributed by atoms with Gasteiger partial charge in [0.05, 0.1) is 6.04 Å². The predicted octanol–water partition coefficient (Wildman–Crippen LogP) is -1.21. The summed E-state index contributed by atoms with van der Waals surface area (Å²) in [5.74, 6) is -1.20. The summed E-state index contributed by atoms with van der Waals surface area (Å²) in [7, 11) is -3.72. The van der Waals surface area contributed by atoms with Gasteiger partial charge in [-0.3, -0.25) is 4.79 Å². The SMILES string of the molecule is CC1C(SC2CNC(CNS(N)(=O)=O)C2)=C(C(=O)O)N2C(=O)CC12. The van der Waals surface area contributed by atoms with Gasteiger partial charge in [0.1, 0.15) is 5.70 Å². The van der Waals surface area contributed by atoms with Crippen molar-refractivity contribution in [1.82, 2.24) is 14.9 Å². The van der Waals surface area contributed by atoms with E-state index in [1.165, 1.54) is 16.7 Å². The fourth-order valence-electron chi connectivity index (χ4n) is 3.44. The van der Waals surface area contributed by atoms with E-state index in [1.54, 1.807) is 0 Å². The lowest BCUT2D eigenvalue weighted by Crippen LogP contribution is -2.51. The highest BCUT2D eigenvalue weighted by Crippen LogP contribution is 2.48. The quantitative estimate of drug-likeness (QED) is 0.426. The highest BCUT2D eigenvalue weighted by Gasteiger charge is 2.52. The molecular formula is C13H20N4O5S2. The zero-order valence-electron chi connectivity index (χ0n) is 13.1. The molecule has 0 radical (unpaired) electrons. The molecule has 0 aromatic carbocycles. The van der Waals surface area contributed by atoms with Gasteiger partial charge in [-0.25, -0.2) is 14.7 Å². The van der Waals surface area contributed by atoms with E-state index in [0.717, 1.165) is 4.91 Å². The largest absolute Gasteiger partial charge is 0.477 e. The second kappa shape index (κ2) is 6.30. The minimum Gasteiger partial charge on any atom is -0.477 e. The van der Waals surface area contributed by atoms with Crippen molar-refractivity contribution in [2.45, 2.75) is 37.1 Å². The Morgan fingerprint density at radius 2 is 2.25 bits per heavy atom. The van der Waals surface area contributed by atoms with Crippen LogP contribution in [0.15, 0.2) is 10.6 Å². The Kier molecular flexibility index (Phi) is 4.64.